The molecule has 1 N–H and O–H groups in total. The third-order valence-corrected chi connectivity index (χ3v) is 7.62. The molecular formula is C29H32N4S. The Labute approximate surface area is 208 Å². The highest BCUT2D eigenvalue weighted by Crippen LogP contribution is 2.45. The molecule has 2 aromatic carbocycles. The van der Waals surface area contributed by atoms with E-state index in [4.69, 9.17) is 17.2 Å². The Morgan fingerprint density at radius 1 is 1.06 bits per heavy atom. The zero-order valence-corrected chi connectivity index (χ0v) is 21.4. The highest BCUT2D eigenvalue weighted by Gasteiger charge is 2.41. The van der Waals surface area contributed by atoms with Gasteiger partial charge in [-0.3, -0.25) is 4.98 Å². The summed E-state index contributed by atoms with van der Waals surface area (Å²) in [7, 11) is 2.17. The number of likely N-dealkylation sites (N-methyl/N-ethyl adjacent to an activating group) is 1. The summed E-state index contributed by atoms with van der Waals surface area (Å²) in [4.78, 5) is 9.30. The van der Waals surface area contributed by atoms with Crippen LogP contribution in [0.25, 0.3) is 5.57 Å². The summed E-state index contributed by atoms with van der Waals surface area (Å²) in [6, 6.07) is 21.6. The van der Waals surface area contributed by atoms with E-state index in [-0.39, 0.29) is 17.6 Å². The van der Waals surface area contributed by atoms with Gasteiger partial charge in [-0.2, -0.15) is 0 Å². The smallest absolute Gasteiger partial charge is 0.174 e. The Kier molecular flexibility index (Phi) is 5.68. The standard InChI is InChI=1S/C29H32N4S/c1-6-20-10-13-22(14-11-20)33-27(26(31-28(33)34)24-9-7-8-16-30-24)21-12-15-25-23(17-21)19(2)18-29(3,4)32(25)5/h7-18,26-27H,6H2,1-5H3,(H,31,34)/t26-,27+/m1/s1. The van der Waals surface area contributed by atoms with Crippen molar-refractivity contribution in [2.24, 2.45) is 0 Å². The van der Waals surface area contributed by atoms with Gasteiger partial charge in [-0.15, -0.1) is 0 Å². The predicted octanol–water partition coefficient (Wildman–Crippen LogP) is 6.45. The van der Waals surface area contributed by atoms with Crippen LogP contribution in [0.4, 0.5) is 11.4 Å². The van der Waals surface area contributed by atoms with Gasteiger partial charge in [-0.05, 0) is 92.5 Å². The van der Waals surface area contributed by atoms with Gasteiger partial charge in [-0.1, -0.05) is 37.3 Å². The Morgan fingerprint density at radius 3 is 2.50 bits per heavy atom. The van der Waals surface area contributed by atoms with Gasteiger partial charge in [0, 0.05) is 30.2 Å². The number of nitrogens with zero attached hydrogens (tertiary/aromatic N) is 3. The lowest BCUT2D eigenvalue weighted by molar-refractivity contribution is 0.566. The normalized spacial score (nSPS) is 21.2. The molecule has 0 radical (unpaired) electrons. The number of benzene rings is 2. The zero-order chi connectivity index (χ0) is 24.0. The minimum Gasteiger partial charge on any atom is -0.366 e. The molecule has 1 saturated heterocycles. The molecule has 0 saturated carbocycles. The molecule has 4 nitrogen and oxygen atoms in total. The average Bonchev–Trinajstić information content (AvgIpc) is 3.19. The van der Waals surface area contributed by atoms with Crippen molar-refractivity contribution >= 4 is 34.3 Å². The number of pyridine rings is 1. The summed E-state index contributed by atoms with van der Waals surface area (Å²) in [5.41, 5.74) is 8.46. The molecule has 0 spiro atoms. The molecule has 1 fully saturated rings. The van der Waals surface area contributed by atoms with E-state index in [0.29, 0.717) is 0 Å². The quantitative estimate of drug-likeness (QED) is 0.445. The van der Waals surface area contributed by atoms with Crippen LogP contribution in [0.2, 0.25) is 0 Å². The number of rotatable bonds is 4. The summed E-state index contributed by atoms with van der Waals surface area (Å²) < 4.78 is 0. The third kappa shape index (κ3) is 3.78. The number of allylic oxidation sites excluding steroid dienone is 1. The highest BCUT2D eigenvalue weighted by atomic mass is 32.1. The van der Waals surface area contributed by atoms with Crippen LogP contribution in [0, 0.1) is 0 Å². The summed E-state index contributed by atoms with van der Waals surface area (Å²) in [5.74, 6) is 0. The molecule has 0 unspecified atom stereocenters. The van der Waals surface area contributed by atoms with E-state index in [2.05, 4.69) is 104 Å². The van der Waals surface area contributed by atoms with Crippen molar-refractivity contribution in [1.29, 1.82) is 0 Å². The molecule has 2 aliphatic rings. The van der Waals surface area contributed by atoms with Gasteiger partial charge in [0.25, 0.3) is 0 Å². The zero-order valence-electron chi connectivity index (χ0n) is 20.5. The Hall–Kier alpha value is -3.18. The number of aryl methyl sites for hydroxylation is 1. The second-order valence-corrected chi connectivity index (χ2v) is 10.2. The molecule has 174 valence electrons. The second kappa shape index (κ2) is 8.55. The van der Waals surface area contributed by atoms with Crippen molar-refractivity contribution in [3.8, 4) is 0 Å². The van der Waals surface area contributed by atoms with Crippen molar-refractivity contribution < 1.29 is 0 Å². The minimum absolute atomic E-state index is 0.00628. The SMILES string of the molecule is CCc1ccc(N2C(=S)N[C@H](c3ccccn3)[C@@H]2c2ccc3c(c2)C(C)=CC(C)(C)N3C)cc1. The fraction of sp³-hybridized carbons (Fsp3) is 0.310. The maximum Gasteiger partial charge on any atom is 0.174 e. The number of hydrogen-bond acceptors (Lipinski definition) is 3. The Bertz CT molecular complexity index is 1250. The second-order valence-electron chi connectivity index (χ2n) is 9.83. The summed E-state index contributed by atoms with van der Waals surface area (Å²) in [5, 5.41) is 4.31. The summed E-state index contributed by atoms with van der Waals surface area (Å²) in [6.07, 6.45) is 5.23. The summed E-state index contributed by atoms with van der Waals surface area (Å²) in [6.45, 7) is 8.90. The number of hydrogen-bond donors (Lipinski definition) is 1. The number of aromatic nitrogens is 1. The van der Waals surface area contributed by atoms with Gasteiger partial charge < -0.3 is 15.1 Å². The monoisotopic (exact) mass is 468 g/mol. The molecule has 2 atom stereocenters. The molecular weight excluding hydrogens is 436 g/mol. The lowest BCUT2D eigenvalue weighted by Crippen LogP contribution is -2.42. The largest absolute Gasteiger partial charge is 0.366 e. The third-order valence-electron chi connectivity index (χ3n) is 7.30. The van der Waals surface area contributed by atoms with Crippen LogP contribution in [0.15, 0.2) is 72.9 Å². The van der Waals surface area contributed by atoms with Crippen LogP contribution < -0.4 is 15.1 Å². The minimum atomic E-state index is -0.0420. The van der Waals surface area contributed by atoms with E-state index in [1.54, 1.807) is 0 Å². The average molecular weight is 469 g/mol. The van der Waals surface area contributed by atoms with E-state index < -0.39 is 0 Å². The van der Waals surface area contributed by atoms with E-state index >= 15 is 0 Å². The van der Waals surface area contributed by atoms with Gasteiger partial charge >= 0.3 is 0 Å². The van der Waals surface area contributed by atoms with Crippen molar-refractivity contribution in [3.63, 3.8) is 0 Å². The fourth-order valence-electron chi connectivity index (χ4n) is 5.22. The molecule has 2 aliphatic heterocycles. The number of fused-ring (bicyclic) bond motifs is 1. The van der Waals surface area contributed by atoms with Crippen LogP contribution in [0.1, 0.15) is 62.2 Å². The van der Waals surface area contributed by atoms with E-state index in [9.17, 15) is 0 Å². The van der Waals surface area contributed by atoms with Crippen molar-refractivity contribution in [3.05, 3.63) is 95.3 Å². The molecule has 34 heavy (non-hydrogen) atoms. The van der Waals surface area contributed by atoms with Gasteiger partial charge in [0.05, 0.1) is 23.3 Å². The molecule has 3 heterocycles. The van der Waals surface area contributed by atoms with Gasteiger partial charge in [0.1, 0.15) is 0 Å². The van der Waals surface area contributed by atoms with Gasteiger partial charge in [0.2, 0.25) is 0 Å². The van der Waals surface area contributed by atoms with Crippen LogP contribution in [-0.2, 0) is 6.42 Å². The number of nitrogens with one attached hydrogen (secondary N) is 1. The highest BCUT2D eigenvalue weighted by molar-refractivity contribution is 7.80. The maximum absolute atomic E-state index is 5.90. The number of anilines is 2. The van der Waals surface area contributed by atoms with E-state index in [1.807, 2.05) is 18.3 Å². The molecule has 5 rings (SSSR count). The molecule has 0 amide bonds. The van der Waals surface area contributed by atoms with Gasteiger partial charge in [0.15, 0.2) is 5.11 Å². The van der Waals surface area contributed by atoms with Crippen molar-refractivity contribution in [1.82, 2.24) is 10.3 Å². The molecule has 5 heteroatoms. The molecule has 0 aliphatic carbocycles. The lowest BCUT2D eigenvalue weighted by Gasteiger charge is -2.41. The Balaban J connectivity index is 1.64. The summed E-state index contributed by atoms with van der Waals surface area (Å²) >= 11 is 5.90. The number of thiocarbonyl (C=S) groups is 1. The van der Waals surface area contributed by atoms with Gasteiger partial charge in [-0.25, -0.2) is 0 Å². The first kappa shape index (κ1) is 22.6. The topological polar surface area (TPSA) is 31.4 Å². The first-order valence-corrected chi connectivity index (χ1v) is 12.4. The van der Waals surface area contributed by atoms with Crippen molar-refractivity contribution in [2.75, 3.05) is 16.8 Å². The molecule has 1 aromatic heterocycles. The lowest BCUT2D eigenvalue weighted by atomic mass is 9.86. The first-order valence-electron chi connectivity index (χ1n) is 12.0. The maximum atomic E-state index is 5.90. The van der Waals surface area contributed by atoms with E-state index in [1.165, 1.54) is 28.0 Å². The Morgan fingerprint density at radius 2 is 1.82 bits per heavy atom. The first-order chi connectivity index (χ1) is 16.3. The van der Waals surface area contributed by atoms with Crippen molar-refractivity contribution in [2.45, 2.75) is 51.7 Å². The predicted molar refractivity (Wildman–Crippen MR) is 146 cm³/mol. The van der Waals surface area contributed by atoms with Crippen LogP contribution in [0.3, 0.4) is 0 Å². The molecule has 3 aromatic rings. The van der Waals surface area contributed by atoms with E-state index in [0.717, 1.165) is 22.9 Å². The molecule has 0 bridgehead atoms. The van der Waals surface area contributed by atoms with Crippen LogP contribution in [0.5, 0.6) is 0 Å². The van der Waals surface area contributed by atoms with Crippen LogP contribution >= 0.6 is 12.2 Å². The fourth-order valence-corrected chi connectivity index (χ4v) is 5.57. The van der Waals surface area contributed by atoms with Crippen LogP contribution in [-0.4, -0.2) is 22.7 Å².